The molecule has 3 rings (SSSR count). The van der Waals surface area contributed by atoms with Gasteiger partial charge in [-0.3, -0.25) is 4.68 Å². The Hall–Kier alpha value is -2.14. The number of thiocarbonyl (C=S) groups is 1. The highest BCUT2D eigenvalue weighted by molar-refractivity contribution is 7.80. The zero-order chi connectivity index (χ0) is 13.4. The summed E-state index contributed by atoms with van der Waals surface area (Å²) in [6, 6.07) is 12.1. The number of fused-ring (bicyclic) bond motifs is 1. The van der Waals surface area contributed by atoms with Crippen molar-refractivity contribution in [1.82, 2.24) is 14.3 Å². The van der Waals surface area contributed by atoms with Gasteiger partial charge >= 0.3 is 0 Å². The lowest BCUT2D eigenvalue weighted by atomic mass is 10.2. The maximum Gasteiger partial charge on any atom is 0.120 e. The summed E-state index contributed by atoms with van der Waals surface area (Å²) in [5, 5.41) is 5.74. The molecule has 19 heavy (non-hydrogen) atoms. The van der Waals surface area contributed by atoms with Crippen LogP contribution in [0.2, 0.25) is 0 Å². The molecule has 0 bridgehead atoms. The van der Waals surface area contributed by atoms with Crippen molar-refractivity contribution in [2.45, 2.75) is 6.54 Å². The van der Waals surface area contributed by atoms with Crippen molar-refractivity contribution >= 4 is 28.1 Å². The fraction of sp³-hybridized carbons (Fsp3) is 0.143. The van der Waals surface area contributed by atoms with Crippen molar-refractivity contribution in [3.05, 3.63) is 54.0 Å². The summed E-state index contributed by atoms with van der Waals surface area (Å²) in [7, 11) is 1.95. The van der Waals surface area contributed by atoms with Gasteiger partial charge in [-0.05, 0) is 18.2 Å². The van der Waals surface area contributed by atoms with Crippen molar-refractivity contribution in [3.8, 4) is 0 Å². The molecule has 0 fully saturated rings. The Kier molecular flexibility index (Phi) is 2.83. The van der Waals surface area contributed by atoms with Gasteiger partial charge in [-0.25, -0.2) is 0 Å². The molecule has 4 nitrogen and oxygen atoms in total. The fourth-order valence-corrected chi connectivity index (χ4v) is 2.53. The smallest absolute Gasteiger partial charge is 0.120 e. The van der Waals surface area contributed by atoms with E-state index in [4.69, 9.17) is 18.0 Å². The van der Waals surface area contributed by atoms with E-state index in [0.29, 0.717) is 11.5 Å². The van der Waals surface area contributed by atoms with Gasteiger partial charge in [0.25, 0.3) is 0 Å². The molecule has 2 aromatic heterocycles. The number of aryl methyl sites for hydroxylation is 1. The average molecular weight is 270 g/mol. The number of hydrogen-bond donors (Lipinski definition) is 1. The third kappa shape index (κ3) is 2.02. The van der Waals surface area contributed by atoms with Gasteiger partial charge < -0.3 is 10.3 Å². The Morgan fingerprint density at radius 1 is 1.26 bits per heavy atom. The molecule has 0 aliphatic rings. The van der Waals surface area contributed by atoms with Crippen LogP contribution >= 0.6 is 12.2 Å². The van der Waals surface area contributed by atoms with Gasteiger partial charge in [0.1, 0.15) is 4.99 Å². The standard InChI is InChI=1S/C14H14N4S/c1-17-12-6-3-2-5-10(12)11(16-17)9-18-8-4-7-13(18)14(15)19/h2-8H,9H2,1H3,(H2,15,19). The van der Waals surface area contributed by atoms with Gasteiger partial charge in [0.15, 0.2) is 0 Å². The Morgan fingerprint density at radius 3 is 2.84 bits per heavy atom. The summed E-state index contributed by atoms with van der Waals surface area (Å²) in [6.07, 6.45) is 1.97. The average Bonchev–Trinajstić information content (AvgIpc) is 2.97. The molecule has 0 amide bonds. The molecule has 5 heteroatoms. The van der Waals surface area contributed by atoms with E-state index in [0.717, 1.165) is 22.3 Å². The Balaban J connectivity index is 2.06. The summed E-state index contributed by atoms with van der Waals surface area (Å²) >= 11 is 5.05. The summed E-state index contributed by atoms with van der Waals surface area (Å²) in [5.41, 5.74) is 8.73. The SMILES string of the molecule is Cn1nc(Cn2cccc2C(N)=S)c2ccccc21. The third-order valence-electron chi connectivity index (χ3n) is 3.24. The molecule has 0 spiro atoms. The largest absolute Gasteiger partial charge is 0.388 e. The highest BCUT2D eigenvalue weighted by Gasteiger charge is 2.10. The molecule has 0 saturated carbocycles. The van der Waals surface area contributed by atoms with E-state index in [9.17, 15) is 0 Å². The highest BCUT2D eigenvalue weighted by Crippen LogP contribution is 2.19. The van der Waals surface area contributed by atoms with Crippen LogP contribution in [0, 0.1) is 0 Å². The number of hydrogen-bond acceptors (Lipinski definition) is 2. The van der Waals surface area contributed by atoms with Crippen molar-refractivity contribution in [2.75, 3.05) is 0 Å². The number of benzene rings is 1. The topological polar surface area (TPSA) is 48.8 Å². The first kappa shape index (κ1) is 11.9. The minimum Gasteiger partial charge on any atom is -0.388 e. The van der Waals surface area contributed by atoms with Crippen LogP contribution in [0.25, 0.3) is 10.9 Å². The van der Waals surface area contributed by atoms with Crippen LogP contribution in [0.1, 0.15) is 11.4 Å². The second-order valence-corrected chi connectivity index (χ2v) is 4.91. The van der Waals surface area contributed by atoms with Crippen molar-refractivity contribution in [2.24, 2.45) is 12.8 Å². The molecule has 0 atom stereocenters. The molecule has 0 unspecified atom stereocenters. The van der Waals surface area contributed by atoms with Crippen LogP contribution in [0.15, 0.2) is 42.6 Å². The zero-order valence-corrected chi connectivity index (χ0v) is 11.4. The van der Waals surface area contributed by atoms with Crippen LogP contribution in [0.3, 0.4) is 0 Å². The Bertz CT molecular complexity index is 754. The summed E-state index contributed by atoms with van der Waals surface area (Å²) in [5.74, 6) is 0. The van der Waals surface area contributed by atoms with Crippen molar-refractivity contribution < 1.29 is 0 Å². The maximum atomic E-state index is 5.72. The van der Waals surface area contributed by atoms with E-state index >= 15 is 0 Å². The minimum absolute atomic E-state index is 0.408. The predicted octanol–water partition coefficient (Wildman–Crippen LogP) is 2.06. The van der Waals surface area contributed by atoms with E-state index in [1.54, 1.807) is 0 Å². The normalized spacial score (nSPS) is 11.0. The summed E-state index contributed by atoms with van der Waals surface area (Å²) < 4.78 is 3.92. The molecule has 2 N–H and O–H groups in total. The lowest BCUT2D eigenvalue weighted by Crippen LogP contribution is -2.16. The van der Waals surface area contributed by atoms with Crippen LogP contribution in [0.4, 0.5) is 0 Å². The first-order chi connectivity index (χ1) is 9.16. The van der Waals surface area contributed by atoms with Gasteiger partial charge in [-0.1, -0.05) is 30.4 Å². The molecule has 2 heterocycles. The first-order valence-electron chi connectivity index (χ1n) is 6.02. The van der Waals surface area contributed by atoms with E-state index in [2.05, 4.69) is 17.2 Å². The first-order valence-corrected chi connectivity index (χ1v) is 6.43. The third-order valence-corrected chi connectivity index (χ3v) is 3.45. The summed E-state index contributed by atoms with van der Waals surface area (Å²) in [6.45, 7) is 0.668. The van der Waals surface area contributed by atoms with Gasteiger partial charge in [0.2, 0.25) is 0 Å². The molecule has 0 aliphatic carbocycles. The van der Waals surface area contributed by atoms with E-state index in [1.165, 1.54) is 0 Å². The second kappa shape index (κ2) is 4.51. The van der Waals surface area contributed by atoms with Gasteiger partial charge in [-0.2, -0.15) is 5.10 Å². The molecular formula is C14H14N4S. The summed E-state index contributed by atoms with van der Waals surface area (Å²) in [4.78, 5) is 0.408. The number of nitrogens with two attached hydrogens (primary N) is 1. The zero-order valence-electron chi connectivity index (χ0n) is 10.6. The molecule has 0 saturated heterocycles. The van der Waals surface area contributed by atoms with Crippen molar-refractivity contribution in [1.29, 1.82) is 0 Å². The molecule has 3 aromatic rings. The van der Waals surface area contributed by atoms with Crippen LogP contribution < -0.4 is 5.73 Å². The molecule has 0 radical (unpaired) electrons. The fourth-order valence-electron chi connectivity index (χ4n) is 2.34. The van der Waals surface area contributed by atoms with Crippen LogP contribution in [0.5, 0.6) is 0 Å². The highest BCUT2D eigenvalue weighted by atomic mass is 32.1. The number of rotatable bonds is 3. The molecule has 0 aliphatic heterocycles. The van der Waals surface area contributed by atoms with Crippen molar-refractivity contribution in [3.63, 3.8) is 0 Å². The molecule has 1 aromatic carbocycles. The lowest BCUT2D eigenvalue weighted by molar-refractivity contribution is 0.719. The molecule has 96 valence electrons. The monoisotopic (exact) mass is 270 g/mol. The van der Waals surface area contributed by atoms with E-state index < -0.39 is 0 Å². The second-order valence-electron chi connectivity index (χ2n) is 4.47. The Labute approximate surface area is 116 Å². The Morgan fingerprint density at radius 2 is 2.05 bits per heavy atom. The lowest BCUT2D eigenvalue weighted by Gasteiger charge is -2.06. The predicted molar refractivity (Wildman–Crippen MR) is 80.1 cm³/mol. The maximum absolute atomic E-state index is 5.72. The number of nitrogens with zero attached hydrogens (tertiary/aromatic N) is 3. The molecular weight excluding hydrogens is 256 g/mol. The minimum atomic E-state index is 0.408. The quantitative estimate of drug-likeness (QED) is 0.741. The number of aromatic nitrogens is 3. The van der Waals surface area contributed by atoms with E-state index in [-0.39, 0.29) is 0 Å². The van der Waals surface area contributed by atoms with Gasteiger partial charge in [-0.15, -0.1) is 0 Å². The van der Waals surface area contributed by atoms with Gasteiger partial charge in [0.05, 0.1) is 23.4 Å². The van der Waals surface area contributed by atoms with Gasteiger partial charge in [0, 0.05) is 18.6 Å². The van der Waals surface area contributed by atoms with Crippen LogP contribution in [-0.4, -0.2) is 19.3 Å². The van der Waals surface area contributed by atoms with Crippen LogP contribution in [-0.2, 0) is 13.6 Å². The number of para-hydroxylation sites is 1. The van der Waals surface area contributed by atoms with E-state index in [1.807, 2.05) is 46.8 Å².